The summed E-state index contributed by atoms with van der Waals surface area (Å²) in [5.41, 5.74) is 0.294. The average molecular weight is 227 g/mol. The van der Waals surface area contributed by atoms with Crippen LogP contribution in [-0.4, -0.2) is 19.2 Å². The van der Waals surface area contributed by atoms with Crippen molar-refractivity contribution in [2.75, 3.05) is 13.2 Å². The van der Waals surface area contributed by atoms with Gasteiger partial charge in [-0.2, -0.15) is 0 Å². The molecular formula is C12H15F2NO. The summed E-state index contributed by atoms with van der Waals surface area (Å²) in [6.07, 6.45) is 0.580. The van der Waals surface area contributed by atoms with E-state index in [9.17, 15) is 8.78 Å². The van der Waals surface area contributed by atoms with Crippen molar-refractivity contribution in [3.05, 3.63) is 35.4 Å². The summed E-state index contributed by atoms with van der Waals surface area (Å²) in [6, 6.07) is 3.77. The SMILES string of the molecule is CCC1COC(c2cc(F)ccc2F)CN1. The molecule has 1 aromatic carbocycles. The summed E-state index contributed by atoms with van der Waals surface area (Å²) >= 11 is 0. The summed E-state index contributed by atoms with van der Waals surface area (Å²) in [6.45, 7) is 3.13. The lowest BCUT2D eigenvalue weighted by Gasteiger charge is -2.30. The molecule has 0 spiro atoms. The first kappa shape index (κ1) is 11.5. The standard InChI is InChI=1S/C12H15F2NO/c1-2-9-7-16-12(6-15-9)10-5-8(13)3-4-11(10)14/h3-5,9,12,15H,2,6-7H2,1H3. The lowest BCUT2D eigenvalue weighted by atomic mass is 10.1. The summed E-state index contributed by atoms with van der Waals surface area (Å²) in [5, 5.41) is 3.25. The molecule has 1 aromatic rings. The van der Waals surface area contributed by atoms with Crippen LogP contribution in [0.25, 0.3) is 0 Å². The van der Waals surface area contributed by atoms with Crippen molar-refractivity contribution in [2.45, 2.75) is 25.5 Å². The van der Waals surface area contributed by atoms with Gasteiger partial charge in [0.15, 0.2) is 0 Å². The van der Waals surface area contributed by atoms with Crippen molar-refractivity contribution in [2.24, 2.45) is 0 Å². The van der Waals surface area contributed by atoms with Crippen molar-refractivity contribution in [3.8, 4) is 0 Å². The molecule has 16 heavy (non-hydrogen) atoms. The van der Waals surface area contributed by atoms with Crippen LogP contribution >= 0.6 is 0 Å². The van der Waals surface area contributed by atoms with E-state index < -0.39 is 17.7 Å². The van der Waals surface area contributed by atoms with Gasteiger partial charge in [0, 0.05) is 18.2 Å². The van der Waals surface area contributed by atoms with Gasteiger partial charge in [-0.1, -0.05) is 6.92 Å². The normalized spacial score (nSPS) is 25.7. The molecule has 0 saturated carbocycles. The molecule has 1 fully saturated rings. The highest BCUT2D eigenvalue weighted by Crippen LogP contribution is 2.24. The molecule has 1 saturated heterocycles. The Morgan fingerprint density at radius 1 is 1.44 bits per heavy atom. The fourth-order valence-corrected chi connectivity index (χ4v) is 1.85. The van der Waals surface area contributed by atoms with Crippen molar-refractivity contribution in [3.63, 3.8) is 0 Å². The maximum atomic E-state index is 13.5. The van der Waals surface area contributed by atoms with Crippen LogP contribution in [0.4, 0.5) is 8.78 Å². The Hall–Kier alpha value is -1.00. The number of nitrogens with one attached hydrogen (secondary N) is 1. The molecule has 2 rings (SSSR count). The highest BCUT2D eigenvalue weighted by Gasteiger charge is 2.23. The van der Waals surface area contributed by atoms with E-state index in [1.54, 1.807) is 0 Å². The maximum Gasteiger partial charge on any atom is 0.129 e. The number of rotatable bonds is 2. The Labute approximate surface area is 93.6 Å². The molecule has 1 N–H and O–H groups in total. The van der Waals surface area contributed by atoms with E-state index in [0.29, 0.717) is 24.8 Å². The highest BCUT2D eigenvalue weighted by molar-refractivity contribution is 5.22. The van der Waals surface area contributed by atoms with E-state index in [1.807, 2.05) is 0 Å². The third-order valence-electron chi connectivity index (χ3n) is 2.89. The van der Waals surface area contributed by atoms with Gasteiger partial charge < -0.3 is 10.1 Å². The molecule has 1 heterocycles. The average Bonchev–Trinajstić information content (AvgIpc) is 2.32. The van der Waals surface area contributed by atoms with Gasteiger partial charge in [0.1, 0.15) is 11.6 Å². The maximum absolute atomic E-state index is 13.5. The van der Waals surface area contributed by atoms with Crippen LogP contribution in [0.3, 0.4) is 0 Å². The Morgan fingerprint density at radius 2 is 2.25 bits per heavy atom. The lowest BCUT2D eigenvalue weighted by Crippen LogP contribution is -2.42. The Kier molecular flexibility index (Phi) is 3.51. The molecule has 2 atom stereocenters. The lowest BCUT2D eigenvalue weighted by molar-refractivity contribution is 0.000209. The zero-order valence-corrected chi connectivity index (χ0v) is 9.17. The van der Waals surface area contributed by atoms with Crippen LogP contribution in [0, 0.1) is 11.6 Å². The topological polar surface area (TPSA) is 21.3 Å². The predicted octanol–water partition coefficient (Wildman–Crippen LogP) is 2.40. The summed E-state index contributed by atoms with van der Waals surface area (Å²) in [4.78, 5) is 0. The van der Waals surface area contributed by atoms with Gasteiger partial charge in [-0.05, 0) is 24.6 Å². The largest absolute Gasteiger partial charge is 0.370 e. The van der Waals surface area contributed by atoms with Crippen LogP contribution in [0.15, 0.2) is 18.2 Å². The Balaban J connectivity index is 2.10. The van der Waals surface area contributed by atoms with Gasteiger partial charge >= 0.3 is 0 Å². The van der Waals surface area contributed by atoms with E-state index in [2.05, 4.69) is 12.2 Å². The first-order valence-corrected chi connectivity index (χ1v) is 5.50. The van der Waals surface area contributed by atoms with Crippen LogP contribution < -0.4 is 5.32 Å². The zero-order chi connectivity index (χ0) is 11.5. The molecule has 0 amide bonds. The fraction of sp³-hybridized carbons (Fsp3) is 0.500. The molecule has 88 valence electrons. The van der Waals surface area contributed by atoms with Crippen molar-refractivity contribution in [1.82, 2.24) is 5.32 Å². The summed E-state index contributed by atoms with van der Waals surface area (Å²) in [7, 11) is 0. The number of benzene rings is 1. The minimum atomic E-state index is -0.433. The van der Waals surface area contributed by atoms with Crippen LogP contribution in [0.5, 0.6) is 0 Å². The molecule has 4 heteroatoms. The summed E-state index contributed by atoms with van der Waals surface area (Å²) < 4.78 is 32.0. The minimum Gasteiger partial charge on any atom is -0.370 e. The molecule has 0 bridgehead atoms. The fourth-order valence-electron chi connectivity index (χ4n) is 1.85. The minimum absolute atomic E-state index is 0.294. The van der Waals surface area contributed by atoms with Gasteiger partial charge in [-0.25, -0.2) is 8.78 Å². The molecule has 2 nitrogen and oxygen atoms in total. The Bertz CT molecular complexity index is 362. The monoisotopic (exact) mass is 227 g/mol. The van der Waals surface area contributed by atoms with Gasteiger partial charge in [0.05, 0.1) is 12.7 Å². The van der Waals surface area contributed by atoms with Crippen LogP contribution in [0.2, 0.25) is 0 Å². The smallest absolute Gasteiger partial charge is 0.129 e. The second-order valence-corrected chi connectivity index (χ2v) is 4.00. The van der Waals surface area contributed by atoms with Crippen molar-refractivity contribution < 1.29 is 13.5 Å². The van der Waals surface area contributed by atoms with Crippen LogP contribution in [0.1, 0.15) is 25.0 Å². The molecule has 1 aliphatic rings. The van der Waals surface area contributed by atoms with Gasteiger partial charge in [0.25, 0.3) is 0 Å². The number of hydrogen-bond donors (Lipinski definition) is 1. The van der Waals surface area contributed by atoms with E-state index in [0.717, 1.165) is 18.6 Å². The molecule has 1 aliphatic heterocycles. The second-order valence-electron chi connectivity index (χ2n) is 4.00. The number of hydrogen-bond acceptors (Lipinski definition) is 2. The van der Waals surface area contributed by atoms with Gasteiger partial charge in [-0.15, -0.1) is 0 Å². The summed E-state index contributed by atoms with van der Waals surface area (Å²) in [5.74, 6) is -0.847. The Morgan fingerprint density at radius 3 is 2.88 bits per heavy atom. The third-order valence-corrected chi connectivity index (χ3v) is 2.89. The molecular weight excluding hydrogens is 212 g/mol. The second kappa shape index (κ2) is 4.89. The highest BCUT2D eigenvalue weighted by atomic mass is 19.1. The molecule has 0 aromatic heterocycles. The predicted molar refractivity (Wildman–Crippen MR) is 57.1 cm³/mol. The van der Waals surface area contributed by atoms with Crippen LogP contribution in [-0.2, 0) is 4.74 Å². The first-order valence-electron chi connectivity index (χ1n) is 5.50. The quantitative estimate of drug-likeness (QED) is 0.837. The molecule has 2 unspecified atom stereocenters. The number of halogens is 2. The van der Waals surface area contributed by atoms with E-state index >= 15 is 0 Å². The van der Waals surface area contributed by atoms with Gasteiger partial charge in [-0.3, -0.25) is 0 Å². The van der Waals surface area contributed by atoms with Gasteiger partial charge in [0.2, 0.25) is 0 Å². The molecule has 0 radical (unpaired) electrons. The third kappa shape index (κ3) is 2.39. The van der Waals surface area contributed by atoms with Crippen molar-refractivity contribution in [1.29, 1.82) is 0 Å². The van der Waals surface area contributed by atoms with E-state index in [1.165, 1.54) is 6.07 Å². The molecule has 0 aliphatic carbocycles. The first-order chi connectivity index (χ1) is 7.70. The number of morpholine rings is 1. The number of ether oxygens (including phenoxy) is 1. The van der Waals surface area contributed by atoms with E-state index in [4.69, 9.17) is 4.74 Å². The zero-order valence-electron chi connectivity index (χ0n) is 9.17. The van der Waals surface area contributed by atoms with Crippen molar-refractivity contribution >= 4 is 0 Å². The van der Waals surface area contributed by atoms with E-state index in [-0.39, 0.29) is 0 Å².